The highest BCUT2D eigenvalue weighted by molar-refractivity contribution is 8.33. The molecule has 0 N–H and O–H groups in total. The van der Waals surface area contributed by atoms with Crippen molar-refractivity contribution in [2.75, 3.05) is 46.8 Å². The highest BCUT2D eigenvalue weighted by Gasteiger charge is 2.28. The minimum atomic E-state index is -0.875. The summed E-state index contributed by atoms with van der Waals surface area (Å²) in [5.41, 5.74) is 0.407. The summed E-state index contributed by atoms with van der Waals surface area (Å²) in [6, 6.07) is 6.66. The molecular weight excluding hydrogens is 689 g/mol. The van der Waals surface area contributed by atoms with Crippen LogP contribution < -0.4 is 9.47 Å². The predicted octanol–water partition coefficient (Wildman–Crippen LogP) is 5.42. The number of carbonyl (C=O) groups excluding carboxylic acids is 4. The van der Waals surface area contributed by atoms with Gasteiger partial charge >= 0.3 is 23.9 Å². The van der Waals surface area contributed by atoms with Gasteiger partial charge in [0.05, 0.1) is 0 Å². The number of ether oxygens (including phenoxy) is 6. The number of benzene rings is 1. The molecule has 242 valence electrons. The third-order valence-electron chi connectivity index (χ3n) is 5.34. The zero-order valence-electron chi connectivity index (χ0n) is 24.2. The zero-order valence-corrected chi connectivity index (χ0v) is 29.1. The van der Waals surface area contributed by atoms with E-state index in [2.05, 4.69) is 13.2 Å². The standard InChI is InChI=1S/C28H34O10S6/c1-17(2)23(29)37-21(11-35-25(31)27-41-13-39-14-42-27)9-33-19-6-5-7-20(8-19)34-10-22(38-24(30)18(3)4)12-36-26(32)28-43-15-40-16-44-28/h5-8,21-22,27-28H,1,3,9-16H2,2,4H3. The molecule has 0 aromatic heterocycles. The number of thioether (sulfide) groups is 6. The predicted molar refractivity (Wildman–Crippen MR) is 181 cm³/mol. The van der Waals surface area contributed by atoms with Crippen LogP contribution in [0.1, 0.15) is 13.8 Å². The molecular formula is C28H34O10S6. The maximum Gasteiger partial charge on any atom is 0.333 e. The SMILES string of the molecule is C=C(C)C(=O)OC(COC(=O)C1SCSCS1)COc1cccc(OCC(COC(=O)C2SCSCS2)OC(=O)C(=C)C)c1. The normalized spacial score (nSPS) is 17.0. The fourth-order valence-electron chi connectivity index (χ4n) is 3.13. The smallest absolute Gasteiger partial charge is 0.333 e. The van der Waals surface area contributed by atoms with Crippen LogP contribution in [0.5, 0.6) is 11.5 Å². The van der Waals surface area contributed by atoms with Gasteiger partial charge in [-0.2, -0.15) is 0 Å². The van der Waals surface area contributed by atoms with E-state index in [-0.39, 0.29) is 58.7 Å². The zero-order chi connectivity index (χ0) is 31.9. The van der Waals surface area contributed by atoms with Crippen LogP contribution in [0, 0.1) is 0 Å². The van der Waals surface area contributed by atoms with Crippen molar-refractivity contribution in [1.29, 1.82) is 0 Å². The molecule has 2 aliphatic rings. The number of hydrogen-bond acceptors (Lipinski definition) is 16. The topological polar surface area (TPSA) is 124 Å². The van der Waals surface area contributed by atoms with Gasteiger partial charge in [0.25, 0.3) is 0 Å². The van der Waals surface area contributed by atoms with Gasteiger partial charge in [0.1, 0.15) is 47.1 Å². The second-order valence-corrected chi connectivity index (χ2v) is 17.6. The number of carbonyl (C=O) groups is 4. The molecule has 16 heteroatoms. The molecule has 2 aliphatic heterocycles. The second kappa shape index (κ2) is 19.7. The van der Waals surface area contributed by atoms with Crippen molar-refractivity contribution < 1.29 is 47.6 Å². The Morgan fingerprint density at radius 3 is 1.45 bits per heavy atom. The van der Waals surface area contributed by atoms with Crippen LogP contribution in [-0.4, -0.2) is 92.0 Å². The van der Waals surface area contributed by atoms with Gasteiger partial charge < -0.3 is 28.4 Å². The van der Waals surface area contributed by atoms with Crippen LogP contribution in [0.25, 0.3) is 0 Å². The van der Waals surface area contributed by atoms with Gasteiger partial charge in [0.15, 0.2) is 12.2 Å². The summed E-state index contributed by atoms with van der Waals surface area (Å²) in [6.45, 7) is 9.70. The van der Waals surface area contributed by atoms with Gasteiger partial charge in [0, 0.05) is 37.6 Å². The Morgan fingerprint density at radius 1 is 0.705 bits per heavy atom. The van der Waals surface area contributed by atoms with Gasteiger partial charge in [-0.05, 0) is 26.0 Å². The maximum absolute atomic E-state index is 12.5. The summed E-state index contributed by atoms with van der Waals surface area (Å²) < 4.78 is 32.8. The summed E-state index contributed by atoms with van der Waals surface area (Å²) in [5.74, 6) is -1.22. The van der Waals surface area contributed by atoms with Crippen LogP contribution in [0.4, 0.5) is 0 Å². The fourth-order valence-corrected chi connectivity index (χ4v) is 12.0. The highest BCUT2D eigenvalue weighted by atomic mass is 32.3. The molecule has 0 radical (unpaired) electrons. The Bertz CT molecular complexity index is 1080. The minimum absolute atomic E-state index is 0.0962. The minimum Gasteiger partial charge on any atom is -0.489 e. The van der Waals surface area contributed by atoms with E-state index >= 15 is 0 Å². The molecule has 0 spiro atoms. The van der Waals surface area contributed by atoms with Crippen LogP contribution in [0.15, 0.2) is 48.6 Å². The number of rotatable bonds is 16. The lowest BCUT2D eigenvalue weighted by Crippen LogP contribution is -2.33. The van der Waals surface area contributed by atoms with Gasteiger partial charge in [-0.1, -0.05) is 19.2 Å². The average molecular weight is 723 g/mol. The monoisotopic (exact) mass is 722 g/mol. The molecule has 2 fully saturated rings. The lowest BCUT2D eigenvalue weighted by Gasteiger charge is -2.22. The van der Waals surface area contributed by atoms with E-state index < -0.39 is 24.1 Å². The lowest BCUT2D eigenvalue weighted by molar-refractivity contribution is -0.156. The molecule has 0 bridgehead atoms. The number of hydrogen-bond donors (Lipinski definition) is 0. The Labute approximate surface area is 282 Å². The molecule has 0 amide bonds. The largest absolute Gasteiger partial charge is 0.489 e. The van der Waals surface area contributed by atoms with E-state index in [0.717, 1.165) is 20.3 Å². The fraction of sp³-hybridized carbons (Fsp3) is 0.500. The Hall–Kier alpha value is -1.72. The van der Waals surface area contributed by atoms with Crippen LogP contribution in [-0.2, 0) is 38.1 Å². The molecule has 0 aliphatic carbocycles. The lowest BCUT2D eigenvalue weighted by atomic mass is 10.3. The van der Waals surface area contributed by atoms with E-state index in [4.69, 9.17) is 28.4 Å². The summed E-state index contributed by atoms with van der Waals surface area (Å²) >= 11 is 9.48. The van der Waals surface area contributed by atoms with Crippen molar-refractivity contribution in [3.05, 3.63) is 48.6 Å². The van der Waals surface area contributed by atoms with Crippen molar-refractivity contribution in [2.45, 2.75) is 35.2 Å². The van der Waals surface area contributed by atoms with Crippen LogP contribution in [0.2, 0.25) is 0 Å². The van der Waals surface area contributed by atoms with Crippen molar-refractivity contribution >= 4 is 94.4 Å². The van der Waals surface area contributed by atoms with Crippen LogP contribution in [0.3, 0.4) is 0 Å². The quantitative estimate of drug-likeness (QED) is 0.123. The molecule has 1 aromatic carbocycles. The van der Waals surface area contributed by atoms with Gasteiger partial charge in [-0.25, -0.2) is 19.2 Å². The Balaban J connectivity index is 1.56. The van der Waals surface area contributed by atoms with Crippen molar-refractivity contribution in [1.82, 2.24) is 0 Å². The molecule has 2 atom stereocenters. The van der Waals surface area contributed by atoms with E-state index in [9.17, 15) is 19.2 Å². The van der Waals surface area contributed by atoms with E-state index in [0.29, 0.717) is 11.5 Å². The molecule has 44 heavy (non-hydrogen) atoms. The van der Waals surface area contributed by atoms with E-state index in [1.807, 2.05) is 0 Å². The van der Waals surface area contributed by atoms with Crippen molar-refractivity contribution in [2.24, 2.45) is 0 Å². The Kier molecular flexibility index (Phi) is 16.5. The Morgan fingerprint density at radius 2 is 1.09 bits per heavy atom. The van der Waals surface area contributed by atoms with Crippen LogP contribution >= 0.6 is 70.6 Å². The van der Waals surface area contributed by atoms with Gasteiger partial charge in [-0.3, -0.25) is 0 Å². The van der Waals surface area contributed by atoms with Crippen molar-refractivity contribution in [3.63, 3.8) is 0 Å². The molecule has 1 aromatic rings. The molecule has 2 saturated heterocycles. The summed E-state index contributed by atoms with van der Waals surface area (Å²) in [6.07, 6.45) is -1.75. The third kappa shape index (κ3) is 13.3. The van der Waals surface area contributed by atoms with Gasteiger partial charge in [-0.15, -0.1) is 70.6 Å². The first kappa shape index (κ1) is 36.7. The highest BCUT2D eigenvalue weighted by Crippen LogP contribution is 2.37. The third-order valence-corrected chi connectivity index (χ3v) is 13.8. The number of esters is 4. The summed E-state index contributed by atoms with van der Waals surface area (Å²) in [5, 5.41) is 3.23. The molecule has 2 heterocycles. The first-order chi connectivity index (χ1) is 21.1. The maximum atomic E-state index is 12.5. The summed E-state index contributed by atoms with van der Waals surface area (Å²) in [7, 11) is 0. The molecule has 10 nitrogen and oxygen atoms in total. The van der Waals surface area contributed by atoms with E-state index in [1.165, 1.54) is 60.9 Å². The second-order valence-electron chi connectivity index (χ2n) is 9.18. The van der Waals surface area contributed by atoms with E-state index in [1.54, 1.807) is 47.8 Å². The van der Waals surface area contributed by atoms with Crippen molar-refractivity contribution in [3.8, 4) is 11.5 Å². The molecule has 0 saturated carbocycles. The summed E-state index contributed by atoms with van der Waals surface area (Å²) in [4.78, 5) is 49.3. The first-order valence-electron chi connectivity index (χ1n) is 13.2. The molecule has 2 unspecified atom stereocenters. The molecule has 3 rings (SSSR count). The van der Waals surface area contributed by atoms with Gasteiger partial charge in [0.2, 0.25) is 0 Å². The first-order valence-corrected chi connectivity index (χ1v) is 19.7. The average Bonchev–Trinajstić information content (AvgIpc) is 3.03.